The summed E-state index contributed by atoms with van der Waals surface area (Å²) in [5.41, 5.74) is -1.03. The molecule has 3 rings (SSSR count). The fourth-order valence-electron chi connectivity index (χ4n) is 2.82. The number of aromatic nitrogens is 3. The van der Waals surface area contributed by atoms with E-state index in [1.54, 1.807) is 0 Å². The van der Waals surface area contributed by atoms with E-state index in [4.69, 9.17) is 0 Å². The molecule has 2 heterocycles. The maximum atomic E-state index is 13.1. The van der Waals surface area contributed by atoms with Gasteiger partial charge in [0.15, 0.2) is 5.69 Å². The Balaban J connectivity index is 1.80. The lowest BCUT2D eigenvalue weighted by molar-refractivity contribution is -0.137. The zero-order valence-electron chi connectivity index (χ0n) is 13.5. The lowest BCUT2D eigenvalue weighted by atomic mass is 9.95. The second-order valence-electron chi connectivity index (χ2n) is 6.11. The van der Waals surface area contributed by atoms with Crippen molar-refractivity contribution in [3.63, 3.8) is 0 Å². The van der Waals surface area contributed by atoms with Crippen LogP contribution >= 0.6 is 0 Å². The van der Waals surface area contributed by atoms with Gasteiger partial charge in [-0.2, -0.15) is 13.2 Å². The molecule has 0 spiro atoms. The summed E-state index contributed by atoms with van der Waals surface area (Å²) in [6, 6.07) is 4.97. The van der Waals surface area contributed by atoms with Crippen LogP contribution in [0.1, 0.15) is 29.4 Å². The van der Waals surface area contributed by atoms with Gasteiger partial charge in [-0.15, -0.1) is 5.10 Å². The molecule has 0 bridgehead atoms. The molecule has 1 saturated heterocycles. The molecule has 1 aromatic carbocycles. The van der Waals surface area contributed by atoms with Crippen LogP contribution < -0.4 is 10.6 Å². The van der Waals surface area contributed by atoms with Crippen LogP contribution in [-0.4, -0.2) is 40.0 Å². The third-order valence-electron chi connectivity index (χ3n) is 4.33. The van der Waals surface area contributed by atoms with Crippen LogP contribution in [0.2, 0.25) is 0 Å². The van der Waals surface area contributed by atoms with Gasteiger partial charge in [-0.1, -0.05) is 24.3 Å². The van der Waals surface area contributed by atoms with Gasteiger partial charge >= 0.3 is 6.18 Å². The molecule has 1 aliphatic rings. The van der Waals surface area contributed by atoms with Gasteiger partial charge in [-0.3, -0.25) is 4.79 Å². The van der Waals surface area contributed by atoms with E-state index in [0.29, 0.717) is 12.5 Å². The maximum Gasteiger partial charge on any atom is 0.418 e. The van der Waals surface area contributed by atoms with E-state index in [1.165, 1.54) is 24.4 Å². The van der Waals surface area contributed by atoms with E-state index in [-0.39, 0.29) is 17.4 Å². The number of rotatable bonds is 3. The highest BCUT2D eigenvalue weighted by atomic mass is 19.4. The highest BCUT2D eigenvalue weighted by molar-refractivity contribution is 5.92. The highest BCUT2D eigenvalue weighted by Gasteiger charge is 2.34. The molecule has 1 amide bonds. The smallest absolute Gasteiger partial charge is 0.346 e. The second kappa shape index (κ2) is 6.83. The molecule has 2 atom stereocenters. The van der Waals surface area contributed by atoms with Gasteiger partial charge in [0.1, 0.15) is 0 Å². The van der Waals surface area contributed by atoms with E-state index in [0.717, 1.165) is 23.7 Å². The van der Waals surface area contributed by atoms with E-state index in [9.17, 15) is 18.0 Å². The first-order chi connectivity index (χ1) is 11.9. The van der Waals surface area contributed by atoms with Crippen molar-refractivity contribution < 1.29 is 18.0 Å². The van der Waals surface area contributed by atoms with Gasteiger partial charge in [-0.25, -0.2) is 4.68 Å². The van der Waals surface area contributed by atoms with Crippen molar-refractivity contribution in [3.8, 4) is 5.69 Å². The fraction of sp³-hybridized carbons (Fsp3) is 0.438. The largest absolute Gasteiger partial charge is 0.418 e. The Kier molecular flexibility index (Phi) is 4.76. The summed E-state index contributed by atoms with van der Waals surface area (Å²) in [4.78, 5) is 12.3. The van der Waals surface area contributed by atoms with Crippen LogP contribution in [0.4, 0.5) is 13.2 Å². The Hall–Kier alpha value is -2.42. The summed E-state index contributed by atoms with van der Waals surface area (Å²) in [6.07, 6.45) is -2.37. The quantitative estimate of drug-likeness (QED) is 0.886. The van der Waals surface area contributed by atoms with E-state index >= 15 is 0 Å². The fourth-order valence-corrected chi connectivity index (χ4v) is 2.82. The van der Waals surface area contributed by atoms with Gasteiger partial charge in [0, 0.05) is 12.6 Å². The molecular weight excluding hydrogens is 335 g/mol. The van der Waals surface area contributed by atoms with Gasteiger partial charge in [0.25, 0.3) is 5.91 Å². The zero-order valence-corrected chi connectivity index (χ0v) is 13.5. The highest BCUT2D eigenvalue weighted by Crippen LogP contribution is 2.33. The van der Waals surface area contributed by atoms with Crippen molar-refractivity contribution in [3.05, 3.63) is 41.7 Å². The Labute approximate surface area is 142 Å². The maximum absolute atomic E-state index is 13.1. The van der Waals surface area contributed by atoms with Gasteiger partial charge in [0.2, 0.25) is 0 Å². The van der Waals surface area contributed by atoms with Crippen LogP contribution in [-0.2, 0) is 6.18 Å². The summed E-state index contributed by atoms with van der Waals surface area (Å²) in [6.45, 7) is 3.60. The minimum absolute atomic E-state index is 0.0187. The Bertz CT molecular complexity index is 758. The molecule has 134 valence electrons. The summed E-state index contributed by atoms with van der Waals surface area (Å²) in [5.74, 6) is -0.137. The minimum atomic E-state index is -4.52. The molecule has 1 fully saturated rings. The first-order valence-corrected chi connectivity index (χ1v) is 7.97. The summed E-state index contributed by atoms with van der Waals surface area (Å²) in [5, 5.41) is 13.5. The van der Waals surface area contributed by atoms with Gasteiger partial charge < -0.3 is 10.6 Å². The third-order valence-corrected chi connectivity index (χ3v) is 4.33. The Morgan fingerprint density at radius 3 is 2.84 bits per heavy atom. The Morgan fingerprint density at radius 2 is 2.12 bits per heavy atom. The third kappa shape index (κ3) is 3.81. The standard InChI is InChI=1S/C16H18F3N5O/c1-10-6-7-20-8-12(10)21-15(25)13-9-24(23-22-13)14-5-3-2-4-11(14)16(17,18)19/h2-5,9-10,12,20H,6-8H2,1H3,(H,21,25). The monoisotopic (exact) mass is 353 g/mol. The average molecular weight is 353 g/mol. The zero-order chi connectivity index (χ0) is 18.0. The molecule has 2 N–H and O–H groups in total. The molecule has 9 heteroatoms. The lowest BCUT2D eigenvalue weighted by Crippen LogP contribution is -2.50. The number of carbonyl (C=O) groups is 1. The average Bonchev–Trinajstić information content (AvgIpc) is 3.06. The van der Waals surface area contributed by atoms with Crippen LogP contribution in [0.15, 0.2) is 30.5 Å². The van der Waals surface area contributed by atoms with Crippen molar-refractivity contribution >= 4 is 5.91 Å². The van der Waals surface area contributed by atoms with E-state index in [1.807, 2.05) is 6.92 Å². The number of nitrogens with one attached hydrogen (secondary N) is 2. The molecule has 25 heavy (non-hydrogen) atoms. The number of amides is 1. The SMILES string of the molecule is CC1CCNCC1NC(=O)c1cn(-c2ccccc2C(F)(F)F)nn1. The lowest BCUT2D eigenvalue weighted by Gasteiger charge is -2.29. The number of benzene rings is 1. The molecule has 6 nitrogen and oxygen atoms in total. The normalized spacial score (nSPS) is 21.1. The van der Waals surface area contributed by atoms with E-state index < -0.39 is 17.6 Å². The molecule has 0 aliphatic carbocycles. The number of hydrogen-bond donors (Lipinski definition) is 2. The number of hydrogen-bond acceptors (Lipinski definition) is 4. The topological polar surface area (TPSA) is 71.8 Å². The number of carbonyl (C=O) groups excluding carboxylic acids is 1. The van der Waals surface area contributed by atoms with Crippen molar-refractivity contribution in [1.82, 2.24) is 25.6 Å². The molecule has 1 aliphatic heterocycles. The van der Waals surface area contributed by atoms with Gasteiger partial charge in [-0.05, 0) is 31.0 Å². The van der Waals surface area contributed by atoms with Crippen molar-refractivity contribution in [1.29, 1.82) is 0 Å². The molecule has 2 unspecified atom stereocenters. The van der Waals surface area contributed by atoms with Gasteiger partial charge in [0.05, 0.1) is 17.4 Å². The predicted octanol–water partition coefficient (Wildman–Crippen LogP) is 2.01. The van der Waals surface area contributed by atoms with Crippen LogP contribution in [0.25, 0.3) is 5.69 Å². The van der Waals surface area contributed by atoms with Crippen molar-refractivity contribution in [2.45, 2.75) is 25.6 Å². The van der Waals surface area contributed by atoms with Crippen molar-refractivity contribution in [2.75, 3.05) is 13.1 Å². The van der Waals surface area contributed by atoms with E-state index in [2.05, 4.69) is 20.9 Å². The number of halogens is 3. The summed E-state index contributed by atoms with van der Waals surface area (Å²) < 4.78 is 40.3. The first kappa shape index (κ1) is 17.4. The number of piperidine rings is 1. The molecule has 2 aromatic rings. The molecule has 0 saturated carbocycles. The minimum Gasteiger partial charge on any atom is -0.346 e. The number of para-hydroxylation sites is 1. The van der Waals surface area contributed by atoms with Crippen molar-refractivity contribution in [2.24, 2.45) is 5.92 Å². The summed E-state index contributed by atoms with van der Waals surface area (Å²) in [7, 11) is 0. The van der Waals surface area contributed by atoms with Crippen LogP contribution in [0.5, 0.6) is 0 Å². The molecular formula is C16H18F3N5O. The number of alkyl halides is 3. The predicted molar refractivity (Wildman–Crippen MR) is 84.3 cm³/mol. The summed E-state index contributed by atoms with van der Waals surface area (Å²) >= 11 is 0. The Morgan fingerprint density at radius 1 is 1.36 bits per heavy atom. The second-order valence-corrected chi connectivity index (χ2v) is 6.11. The number of nitrogens with zero attached hydrogens (tertiary/aromatic N) is 3. The first-order valence-electron chi connectivity index (χ1n) is 7.97. The molecule has 0 radical (unpaired) electrons. The van der Waals surface area contributed by atoms with Crippen LogP contribution in [0.3, 0.4) is 0 Å². The molecule has 1 aromatic heterocycles. The van der Waals surface area contributed by atoms with Crippen LogP contribution in [0, 0.1) is 5.92 Å².